The Labute approximate surface area is 170 Å². The van der Waals surface area contributed by atoms with Gasteiger partial charge in [-0.05, 0) is 33.9 Å². The van der Waals surface area contributed by atoms with Crippen molar-refractivity contribution in [1.82, 2.24) is 15.3 Å². The molecular weight excluding hydrogens is 396 g/mol. The molecule has 1 atom stereocenters. The van der Waals surface area contributed by atoms with E-state index in [1.54, 1.807) is 6.20 Å². The summed E-state index contributed by atoms with van der Waals surface area (Å²) in [6.45, 7) is 0.274. The van der Waals surface area contributed by atoms with Gasteiger partial charge in [-0.3, -0.25) is 5.32 Å². The van der Waals surface area contributed by atoms with Gasteiger partial charge in [-0.25, -0.2) is 14.8 Å². The van der Waals surface area contributed by atoms with Gasteiger partial charge in [0, 0.05) is 5.92 Å². The number of fused-ring (bicyclic) bond motifs is 4. The lowest BCUT2D eigenvalue weighted by molar-refractivity contribution is 0.143. The molecular formula is C20H15ClN4O2S. The van der Waals surface area contributed by atoms with Crippen molar-refractivity contribution in [3.8, 4) is 11.1 Å². The molecule has 0 radical (unpaired) electrons. The highest BCUT2D eigenvalue weighted by atomic mass is 35.5. The van der Waals surface area contributed by atoms with Gasteiger partial charge in [-0.15, -0.1) is 0 Å². The molecule has 6 nitrogen and oxygen atoms in total. The molecule has 28 heavy (non-hydrogen) atoms. The first-order chi connectivity index (χ1) is 13.7. The number of thioether (sulfide) groups is 1. The van der Waals surface area contributed by atoms with Gasteiger partial charge in [-0.2, -0.15) is 0 Å². The van der Waals surface area contributed by atoms with Crippen LogP contribution in [0.4, 0.5) is 10.5 Å². The third-order valence-corrected chi connectivity index (χ3v) is 6.02. The standard InChI is InChI=1S/C20H15ClN4O2S/c21-18-22-9-16-17(24-18)28-19(23-16)25-20(26)27-10-15-13-7-3-1-5-11(13)12-6-2-4-8-14(12)15/h1-9,15,19,23H,10H2,(H,25,26). The Hall–Kier alpha value is -2.77. The van der Waals surface area contributed by atoms with Crippen LogP contribution in [0.5, 0.6) is 0 Å². The maximum absolute atomic E-state index is 12.3. The number of carbonyl (C=O) groups is 1. The van der Waals surface area contributed by atoms with Gasteiger partial charge in [0.15, 0.2) is 5.50 Å². The fraction of sp³-hybridized carbons (Fsp3) is 0.150. The molecule has 1 aromatic heterocycles. The number of anilines is 1. The number of benzene rings is 2. The monoisotopic (exact) mass is 410 g/mol. The van der Waals surface area contributed by atoms with Crippen LogP contribution >= 0.6 is 23.4 Å². The van der Waals surface area contributed by atoms with Crippen LogP contribution in [0.15, 0.2) is 59.8 Å². The average Bonchev–Trinajstić information content (AvgIpc) is 3.24. The predicted molar refractivity (Wildman–Crippen MR) is 109 cm³/mol. The van der Waals surface area contributed by atoms with E-state index >= 15 is 0 Å². The first kappa shape index (κ1) is 17.3. The summed E-state index contributed by atoms with van der Waals surface area (Å²) in [4.78, 5) is 20.4. The molecule has 2 aliphatic rings. The van der Waals surface area contributed by atoms with Crippen LogP contribution in [-0.4, -0.2) is 28.2 Å². The number of aromatic nitrogens is 2. The summed E-state index contributed by atoms with van der Waals surface area (Å²) in [6.07, 6.45) is 1.11. The molecule has 1 unspecified atom stereocenters. The SMILES string of the molecule is O=C(NC1Nc2cnc(Cl)nc2S1)OCC1c2ccccc2-c2ccccc21. The molecule has 1 amide bonds. The van der Waals surface area contributed by atoms with Crippen molar-refractivity contribution in [2.45, 2.75) is 16.4 Å². The summed E-state index contributed by atoms with van der Waals surface area (Å²) in [6, 6.07) is 16.5. The summed E-state index contributed by atoms with van der Waals surface area (Å²) in [5.41, 5.74) is 5.12. The Balaban J connectivity index is 1.25. The minimum Gasteiger partial charge on any atom is -0.448 e. The first-order valence-corrected chi connectivity index (χ1v) is 10.0. The molecule has 0 spiro atoms. The van der Waals surface area contributed by atoms with E-state index < -0.39 is 6.09 Å². The zero-order chi connectivity index (χ0) is 19.1. The van der Waals surface area contributed by atoms with Gasteiger partial charge < -0.3 is 10.1 Å². The predicted octanol–water partition coefficient (Wildman–Crippen LogP) is 4.47. The smallest absolute Gasteiger partial charge is 0.409 e. The van der Waals surface area contributed by atoms with Crippen LogP contribution in [0.25, 0.3) is 11.1 Å². The van der Waals surface area contributed by atoms with E-state index in [1.807, 2.05) is 24.3 Å². The lowest BCUT2D eigenvalue weighted by atomic mass is 9.98. The van der Waals surface area contributed by atoms with Gasteiger partial charge >= 0.3 is 6.09 Å². The van der Waals surface area contributed by atoms with Crippen molar-refractivity contribution in [3.63, 3.8) is 0 Å². The number of alkyl carbamates (subject to hydrolysis) is 1. The first-order valence-electron chi connectivity index (χ1n) is 8.76. The highest BCUT2D eigenvalue weighted by Gasteiger charge is 2.30. The molecule has 0 saturated heterocycles. The second kappa shape index (κ2) is 7.00. The van der Waals surface area contributed by atoms with Crippen LogP contribution < -0.4 is 10.6 Å². The van der Waals surface area contributed by atoms with E-state index in [-0.39, 0.29) is 23.3 Å². The van der Waals surface area contributed by atoms with Crippen LogP contribution in [0.2, 0.25) is 5.28 Å². The molecule has 0 bridgehead atoms. The quantitative estimate of drug-likeness (QED) is 0.490. The Morgan fingerprint density at radius 3 is 2.54 bits per heavy atom. The molecule has 8 heteroatoms. The summed E-state index contributed by atoms with van der Waals surface area (Å²) in [5.74, 6) is 0.0317. The zero-order valence-corrected chi connectivity index (χ0v) is 16.1. The van der Waals surface area contributed by atoms with Crippen molar-refractivity contribution in [2.24, 2.45) is 0 Å². The summed E-state index contributed by atoms with van der Waals surface area (Å²) in [7, 11) is 0. The van der Waals surface area contributed by atoms with Crippen LogP contribution in [-0.2, 0) is 4.74 Å². The molecule has 5 rings (SSSR count). The van der Waals surface area contributed by atoms with Gasteiger partial charge in [0.2, 0.25) is 5.28 Å². The fourth-order valence-corrected chi connectivity index (χ4v) is 4.76. The van der Waals surface area contributed by atoms with Crippen molar-refractivity contribution in [2.75, 3.05) is 11.9 Å². The number of ether oxygens (including phenoxy) is 1. The lowest BCUT2D eigenvalue weighted by Crippen LogP contribution is -2.36. The number of hydrogen-bond donors (Lipinski definition) is 2. The van der Waals surface area contributed by atoms with E-state index in [0.717, 1.165) is 5.69 Å². The van der Waals surface area contributed by atoms with Crippen LogP contribution in [0, 0.1) is 0 Å². The zero-order valence-electron chi connectivity index (χ0n) is 14.6. The van der Waals surface area contributed by atoms with E-state index in [2.05, 4.69) is 44.9 Å². The average molecular weight is 411 g/mol. The summed E-state index contributed by atoms with van der Waals surface area (Å²) >= 11 is 7.16. The van der Waals surface area contributed by atoms with Gasteiger partial charge in [0.25, 0.3) is 0 Å². The Bertz CT molecular complexity index is 1030. The van der Waals surface area contributed by atoms with E-state index in [4.69, 9.17) is 16.3 Å². The number of hydrogen-bond acceptors (Lipinski definition) is 6. The third-order valence-electron chi connectivity index (χ3n) is 4.83. The minimum atomic E-state index is -0.487. The second-order valence-electron chi connectivity index (χ2n) is 6.47. The van der Waals surface area contributed by atoms with Crippen molar-refractivity contribution < 1.29 is 9.53 Å². The van der Waals surface area contributed by atoms with Gasteiger partial charge in [0.1, 0.15) is 11.6 Å². The van der Waals surface area contributed by atoms with Crippen molar-refractivity contribution in [3.05, 3.63) is 71.1 Å². The Morgan fingerprint density at radius 2 is 1.82 bits per heavy atom. The van der Waals surface area contributed by atoms with E-state index in [1.165, 1.54) is 34.0 Å². The third kappa shape index (κ3) is 3.06. The number of nitrogens with one attached hydrogen (secondary N) is 2. The molecule has 2 aromatic carbocycles. The number of rotatable bonds is 3. The lowest BCUT2D eigenvalue weighted by Gasteiger charge is -2.16. The van der Waals surface area contributed by atoms with Gasteiger partial charge in [0.05, 0.1) is 11.9 Å². The normalized spacial score (nSPS) is 16.7. The molecule has 1 aliphatic heterocycles. The molecule has 0 fully saturated rings. The van der Waals surface area contributed by atoms with Crippen LogP contribution in [0.1, 0.15) is 17.0 Å². The van der Waals surface area contributed by atoms with Gasteiger partial charge in [-0.1, -0.05) is 60.3 Å². The minimum absolute atomic E-state index is 0.0317. The molecule has 2 heterocycles. The maximum Gasteiger partial charge on any atom is 0.409 e. The molecule has 0 saturated carbocycles. The second-order valence-corrected chi connectivity index (χ2v) is 7.90. The highest BCUT2D eigenvalue weighted by Crippen LogP contribution is 2.44. The van der Waals surface area contributed by atoms with Crippen LogP contribution in [0.3, 0.4) is 0 Å². The molecule has 1 aliphatic carbocycles. The fourth-order valence-electron chi connectivity index (χ4n) is 3.63. The molecule has 3 aromatic rings. The van der Waals surface area contributed by atoms with Crippen molar-refractivity contribution >= 4 is 35.1 Å². The van der Waals surface area contributed by atoms with E-state index in [0.29, 0.717) is 5.03 Å². The highest BCUT2D eigenvalue weighted by molar-refractivity contribution is 8.00. The summed E-state index contributed by atoms with van der Waals surface area (Å²) in [5, 5.41) is 6.79. The Morgan fingerprint density at radius 1 is 1.14 bits per heavy atom. The van der Waals surface area contributed by atoms with Crippen molar-refractivity contribution in [1.29, 1.82) is 0 Å². The number of amides is 1. The topological polar surface area (TPSA) is 76.1 Å². The number of halogens is 1. The molecule has 2 N–H and O–H groups in total. The summed E-state index contributed by atoms with van der Waals surface area (Å²) < 4.78 is 5.56. The van der Waals surface area contributed by atoms with E-state index in [9.17, 15) is 4.79 Å². The number of carbonyl (C=O) groups excluding carboxylic acids is 1. The molecule has 140 valence electrons. The maximum atomic E-state index is 12.3. The number of nitrogens with zero attached hydrogens (tertiary/aromatic N) is 2. The largest absolute Gasteiger partial charge is 0.448 e. The Kier molecular flexibility index (Phi) is 4.33.